The van der Waals surface area contributed by atoms with Crippen molar-refractivity contribution in [3.05, 3.63) is 29.8 Å². The first kappa shape index (κ1) is 39.5. The van der Waals surface area contributed by atoms with Gasteiger partial charge in [0.2, 0.25) is 23.6 Å². The molecule has 12 nitrogen and oxygen atoms in total. The van der Waals surface area contributed by atoms with E-state index < -0.39 is 30.0 Å². The Labute approximate surface area is 268 Å². The van der Waals surface area contributed by atoms with Crippen molar-refractivity contribution >= 4 is 29.6 Å². The average Bonchev–Trinajstić information content (AvgIpc) is 3.01. The van der Waals surface area contributed by atoms with Crippen molar-refractivity contribution in [2.24, 2.45) is 23.1 Å². The lowest BCUT2D eigenvalue weighted by Crippen LogP contribution is -2.56. The SMILES string of the molecule is CCCCCC(=O)NC(Cc1ccc(OC(=O)C(N)CCCCN)cc1)C(=O)NC(C(=O)NCCCCCC(N)=O)C(C)CC. The summed E-state index contributed by atoms with van der Waals surface area (Å²) in [6.07, 6.45) is 8.08. The van der Waals surface area contributed by atoms with Gasteiger partial charge in [-0.15, -0.1) is 0 Å². The predicted molar refractivity (Wildman–Crippen MR) is 175 cm³/mol. The van der Waals surface area contributed by atoms with E-state index in [0.717, 1.165) is 37.7 Å². The molecule has 0 saturated carbocycles. The van der Waals surface area contributed by atoms with Gasteiger partial charge >= 0.3 is 5.97 Å². The number of rotatable bonds is 24. The maximum Gasteiger partial charge on any atom is 0.328 e. The van der Waals surface area contributed by atoms with Crippen molar-refractivity contribution in [2.75, 3.05) is 13.1 Å². The first-order chi connectivity index (χ1) is 21.5. The van der Waals surface area contributed by atoms with Gasteiger partial charge in [-0.2, -0.15) is 0 Å². The number of carbonyl (C=O) groups excluding carboxylic acids is 5. The summed E-state index contributed by atoms with van der Waals surface area (Å²) in [4.78, 5) is 62.7. The van der Waals surface area contributed by atoms with E-state index in [-0.39, 0.29) is 30.1 Å². The second-order valence-corrected chi connectivity index (χ2v) is 11.7. The monoisotopic (exact) mass is 632 g/mol. The minimum atomic E-state index is -0.920. The van der Waals surface area contributed by atoms with E-state index in [1.54, 1.807) is 24.3 Å². The van der Waals surface area contributed by atoms with Crippen molar-refractivity contribution in [1.82, 2.24) is 16.0 Å². The van der Waals surface area contributed by atoms with Crippen molar-refractivity contribution in [2.45, 2.75) is 122 Å². The number of carbonyl (C=O) groups is 5. The number of esters is 1. The van der Waals surface area contributed by atoms with Crippen LogP contribution in [0.1, 0.15) is 103 Å². The van der Waals surface area contributed by atoms with Crippen molar-refractivity contribution in [3.8, 4) is 5.75 Å². The van der Waals surface area contributed by atoms with Crippen LogP contribution in [-0.2, 0) is 30.4 Å². The van der Waals surface area contributed by atoms with Crippen LogP contribution in [0.25, 0.3) is 0 Å². The largest absolute Gasteiger partial charge is 0.425 e. The molecule has 0 radical (unpaired) electrons. The molecule has 0 aliphatic carbocycles. The van der Waals surface area contributed by atoms with Crippen LogP contribution in [0.4, 0.5) is 0 Å². The van der Waals surface area contributed by atoms with E-state index in [2.05, 4.69) is 16.0 Å². The third-order valence-corrected chi connectivity index (χ3v) is 7.71. The lowest BCUT2D eigenvalue weighted by Gasteiger charge is -2.26. The zero-order valence-corrected chi connectivity index (χ0v) is 27.4. The Morgan fingerprint density at radius 3 is 2.16 bits per heavy atom. The summed E-state index contributed by atoms with van der Waals surface area (Å²) in [6, 6.07) is 4.24. The van der Waals surface area contributed by atoms with Crippen LogP contribution < -0.4 is 37.9 Å². The normalized spacial score (nSPS) is 13.6. The quantitative estimate of drug-likeness (QED) is 0.0565. The van der Waals surface area contributed by atoms with Gasteiger partial charge in [-0.1, -0.05) is 65.0 Å². The van der Waals surface area contributed by atoms with Crippen LogP contribution >= 0.6 is 0 Å². The Hall–Kier alpha value is -3.51. The highest BCUT2D eigenvalue weighted by molar-refractivity contribution is 5.92. The van der Waals surface area contributed by atoms with E-state index >= 15 is 0 Å². The van der Waals surface area contributed by atoms with Gasteiger partial charge in [0.1, 0.15) is 23.9 Å². The molecule has 0 aliphatic rings. The Kier molecular flexibility index (Phi) is 20.1. The van der Waals surface area contributed by atoms with Gasteiger partial charge in [0.05, 0.1) is 0 Å². The van der Waals surface area contributed by atoms with Gasteiger partial charge in [-0.05, 0) is 62.3 Å². The smallest absolute Gasteiger partial charge is 0.328 e. The fourth-order valence-corrected chi connectivity index (χ4v) is 4.64. The van der Waals surface area contributed by atoms with Gasteiger partial charge in [-0.3, -0.25) is 19.2 Å². The number of benzene rings is 1. The molecule has 4 unspecified atom stereocenters. The fraction of sp³-hybridized carbons (Fsp3) is 0.667. The number of unbranched alkanes of at least 4 members (excludes halogenated alkanes) is 5. The number of ether oxygens (including phenoxy) is 1. The van der Waals surface area contributed by atoms with Gasteiger partial charge < -0.3 is 37.9 Å². The van der Waals surface area contributed by atoms with Crippen LogP contribution in [0.3, 0.4) is 0 Å². The molecule has 0 aromatic heterocycles. The summed E-state index contributed by atoms with van der Waals surface area (Å²) in [6.45, 7) is 6.82. The molecule has 12 heteroatoms. The lowest BCUT2D eigenvalue weighted by molar-refractivity contribution is -0.136. The predicted octanol–water partition coefficient (Wildman–Crippen LogP) is 2.35. The van der Waals surface area contributed by atoms with E-state index in [0.29, 0.717) is 63.8 Å². The summed E-state index contributed by atoms with van der Waals surface area (Å²) in [7, 11) is 0. The molecular formula is C33H56N6O6. The molecule has 9 N–H and O–H groups in total. The van der Waals surface area contributed by atoms with E-state index in [1.165, 1.54) is 0 Å². The summed E-state index contributed by atoms with van der Waals surface area (Å²) < 4.78 is 5.41. The molecule has 0 bridgehead atoms. The van der Waals surface area contributed by atoms with Crippen LogP contribution in [0.2, 0.25) is 0 Å². The fourth-order valence-electron chi connectivity index (χ4n) is 4.64. The first-order valence-electron chi connectivity index (χ1n) is 16.4. The minimum absolute atomic E-state index is 0.152. The minimum Gasteiger partial charge on any atom is -0.425 e. The van der Waals surface area contributed by atoms with Gasteiger partial charge in [0, 0.05) is 25.8 Å². The summed E-state index contributed by atoms with van der Waals surface area (Å²) in [5.41, 5.74) is 17.3. The van der Waals surface area contributed by atoms with Crippen molar-refractivity contribution in [3.63, 3.8) is 0 Å². The number of nitrogens with one attached hydrogen (secondary N) is 3. The second-order valence-electron chi connectivity index (χ2n) is 11.7. The number of amides is 4. The lowest BCUT2D eigenvalue weighted by atomic mass is 9.97. The Bertz CT molecular complexity index is 1050. The Morgan fingerprint density at radius 1 is 0.844 bits per heavy atom. The number of hydrogen-bond acceptors (Lipinski definition) is 8. The maximum absolute atomic E-state index is 13.6. The van der Waals surface area contributed by atoms with E-state index in [1.807, 2.05) is 20.8 Å². The van der Waals surface area contributed by atoms with Gasteiger partial charge in [-0.25, -0.2) is 4.79 Å². The first-order valence-corrected chi connectivity index (χ1v) is 16.4. The van der Waals surface area contributed by atoms with E-state index in [9.17, 15) is 24.0 Å². The molecule has 4 amide bonds. The second kappa shape index (κ2) is 22.9. The summed E-state index contributed by atoms with van der Waals surface area (Å²) in [5.74, 6) is -1.70. The topological polar surface area (TPSA) is 209 Å². The van der Waals surface area contributed by atoms with Crippen LogP contribution in [0, 0.1) is 5.92 Å². The van der Waals surface area contributed by atoms with Crippen LogP contribution in [-0.4, -0.2) is 60.8 Å². The molecule has 1 aromatic carbocycles. The maximum atomic E-state index is 13.6. The molecule has 4 atom stereocenters. The molecule has 0 saturated heterocycles. The number of primary amides is 1. The highest BCUT2D eigenvalue weighted by Crippen LogP contribution is 2.16. The van der Waals surface area contributed by atoms with Crippen LogP contribution in [0.15, 0.2) is 24.3 Å². The molecule has 254 valence electrons. The third kappa shape index (κ3) is 16.9. The van der Waals surface area contributed by atoms with Crippen molar-refractivity contribution in [1.29, 1.82) is 0 Å². The molecule has 0 heterocycles. The molecular weight excluding hydrogens is 576 g/mol. The molecule has 0 spiro atoms. The molecule has 0 aliphatic heterocycles. The average molecular weight is 633 g/mol. The molecule has 45 heavy (non-hydrogen) atoms. The summed E-state index contributed by atoms with van der Waals surface area (Å²) >= 11 is 0. The van der Waals surface area contributed by atoms with Crippen LogP contribution in [0.5, 0.6) is 5.75 Å². The number of hydrogen-bond donors (Lipinski definition) is 6. The van der Waals surface area contributed by atoms with E-state index in [4.69, 9.17) is 21.9 Å². The summed E-state index contributed by atoms with van der Waals surface area (Å²) in [5, 5.41) is 8.62. The van der Waals surface area contributed by atoms with Gasteiger partial charge in [0.15, 0.2) is 0 Å². The highest BCUT2D eigenvalue weighted by Gasteiger charge is 2.30. The Morgan fingerprint density at radius 2 is 1.53 bits per heavy atom. The molecule has 1 rings (SSSR count). The zero-order chi connectivity index (χ0) is 33.6. The molecule has 0 fully saturated rings. The number of nitrogens with two attached hydrogens (primary N) is 3. The highest BCUT2D eigenvalue weighted by atomic mass is 16.5. The van der Waals surface area contributed by atoms with Gasteiger partial charge in [0.25, 0.3) is 0 Å². The standard InChI is InChI=1S/C33H56N6O6/c1-4-6-8-15-29(41)38-27(22-24-16-18-25(19-17-24)45-33(44)26(35)13-10-11-20-34)31(42)39-30(23(3)5-2)32(43)37-21-12-7-9-14-28(36)40/h16-19,23,26-27,30H,4-15,20-22,34-35H2,1-3H3,(H2,36,40)(H,37,43)(H,38,41)(H,39,42). The Balaban J connectivity index is 2.94. The van der Waals surface area contributed by atoms with Crippen molar-refractivity contribution < 1.29 is 28.7 Å². The zero-order valence-electron chi connectivity index (χ0n) is 27.4. The third-order valence-electron chi connectivity index (χ3n) is 7.71. The molecule has 1 aromatic rings.